The van der Waals surface area contributed by atoms with Gasteiger partial charge in [-0.2, -0.15) is 0 Å². The summed E-state index contributed by atoms with van der Waals surface area (Å²) in [6.07, 6.45) is 1.71. The van der Waals surface area contributed by atoms with Crippen molar-refractivity contribution in [2.45, 2.75) is 24.8 Å². The highest BCUT2D eigenvalue weighted by molar-refractivity contribution is 5.74. The third-order valence-corrected chi connectivity index (χ3v) is 5.01. The van der Waals surface area contributed by atoms with E-state index in [1.165, 1.54) is 0 Å². The van der Waals surface area contributed by atoms with E-state index < -0.39 is 0 Å². The fourth-order valence-electron chi connectivity index (χ4n) is 3.48. The van der Waals surface area contributed by atoms with Crippen molar-refractivity contribution in [3.8, 4) is 5.75 Å². The maximum atomic E-state index is 12.3. The quantitative estimate of drug-likeness (QED) is 0.837. The van der Waals surface area contributed by atoms with Crippen molar-refractivity contribution < 1.29 is 14.3 Å². The molecule has 0 aliphatic carbocycles. The molecule has 2 aromatic rings. The van der Waals surface area contributed by atoms with Crippen LogP contribution in [0, 0.1) is 0 Å². The van der Waals surface area contributed by atoms with Crippen LogP contribution in [0.5, 0.6) is 5.75 Å². The smallest absolute Gasteiger partial charge is 0.315 e. The van der Waals surface area contributed by atoms with E-state index in [1.54, 1.807) is 7.11 Å². The number of carbonyl (C=O) groups is 1. The molecule has 0 spiro atoms. The van der Waals surface area contributed by atoms with Gasteiger partial charge in [-0.15, -0.1) is 0 Å². The number of urea groups is 1. The number of hydrogen-bond donors (Lipinski definition) is 2. The topological polar surface area (TPSA) is 59.6 Å². The van der Waals surface area contributed by atoms with Gasteiger partial charge in [-0.1, -0.05) is 48.5 Å². The van der Waals surface area contributed by atoms with Crippen LogP contribution < -0.4 is 15.4 Å². The third-order valence-electron chi connectivity index (χ3n) is 5.01. The number of carbonyl (C=O) groups excluding carboxylic acids is 1. The molecule has 1 fully saturated rings. The summed E-state index contributed by atoms with van der Waals surface area (Å²) in [7, 11) is 1.69. The van der Waals surface area contributed by atoms with Crippen LogP contribution >= 0.6 is 0 Å². The Morgan fingerprint density at radius 2 is 1.73 bits per heavy atom. The van der Waals surface area contributed by atoms with Crippen LogP contribution in [-0.4, -0.2) is 32.9 Å². The second kappa shape index (κ2) is 8.72. The monoisotopic (exact) mass is 354 g/mol. The van der Waals surface area contributed by atoms with E-state index in [1.807, 2.05) is 48.5 Å². The normalized spacial score (nSPS) is 15.9. The minimum absolute atomic E-state index is 0.158. The Balaban J connectivity index is 1.66. The molecule has 0 atom stereocenters. The van der Waals surface area contributed by atoms with Crippen LogP contribution in [-0.2, 0) is 16.7 Å². The van der Waals surface area contributed by atoms with Gasteiger partial charge >= 0.3 is 6.03 Å². The molecule has 1 heterocycles. The standard InChI is InChI=1S/C21H26N2O3/c1-25-19-10-6-5-9-18(19)21(11-13-26-14-12-21)16-23-20(24)22-15-17-7-3-2-4-8-17/h2-10H,11-16H2,1H3,(H2,22,23,24). The van der Waals surface area contributed by atoms with Crippen LogP contribution in [0.25, 0.3) is 0 Å². The lowest BCUT2D eigenvalue weighted by atomic mass is 9.73. The summed E-state index contributed by atoms with van der Waals surface area (Å²) in [5.74, 6) is 0.862. The average Bonchev–Trinajstić information content (AvgIpc) is 2.72. The molecule has 1 aliphatic rings. The van der Waals surface area contributed by atoms with Crippen molar-refractivity contribution in [1.82, 2.24) is 10.6 Å². The van der Waals surface area contributed by atoms with Crippen molar-refractivity contribution in [1.29, 1.82) is 0 Å². The first-order valence-electron chi connectivity index (χ1n) is 9.00. The minimum atomic E-state index is -0.172. The number of rotatable bonds is 6. The van der Waals surface area contributed by atoms with E-state index in [4.69, 9.17) is 9.47 Å². The average molecular weight is 354 g/mol. The Hall–Kier alpha value is -2.53. The maximum absolute atomic E-state index is 12.3. The van der Waals surface area contributed by atoms with Gasteiger partial charge in [0.1, 0.15) is 5.75 Å². The van der Waals surface area contributed by atoms with Gasteiger partial charge < -0.3 is 20.1 Å². The van der Waals surface area contributed by atoms with Crippen molar-refractivity contribution in [3.05, 3.63) is 65.7 Å². The Labute approximate surface area is 154 Å². The summed E-state index contributed by atoms with van der Waals surface area (Å²) >= 11 is 0. The molecule has 0 radical (unpaired) electrons. The Kier molecular flexibility index (Phi) is 6.12. The fourth-order valence-corrected chi connectivity index (χ4v) is 3.48. The van der Waals surface area contributed by atoms with Gasteiger partial charge in [0, 0.05) is 37.3 Å². The predicted molar refractivity (Wildman–Crippen MR) is 101 cm³/mol. The van der Waals surface area contributed by atoms with Crippen molar-refractivity contribution in [3.63, 3.8) is 0 Å². The van der Waals surface area contributed by atoms with E-state index >= 15 is 0 Å². The van der Waals surface area contributed by atoms with Gasteiger partial charge in [0.05, 0.1) is 7.11 Å². The van der Waals surface area contributed by atoms with Gasteiger partial charge in [-0.05, 0) is 24.5 Å². The zero-order valence-electron chi connectivity index (χ0n) is 15.2. The summed E-state index contributed by atoms with van der Waals surface area (Å²) in [5.41, 5.74) is 2.04. The molecule has 2 aromatic carbocycles. The highest BCUT2D eigenvalue weighted by Gasteiger charge is 2.37. The van der Waals surface area contributed by atoms with Gasteiger partial charge in [-0.3, -0.25) is 0 Å². The number of amides is 2. The predicted octanol–water partition coefficient (Wildman–Crippen LogP) is 3.24. The van der Waals surface area contributed by atoms with E-state index in [0.717, 1.165) is 29.7 Å². The van der Waals surface area contributed by atoms with Gasteiger partial charge in [0.2, 0.25) is 0 Å². The molecule has 1 saturated heterocycles. The molecule has 0 aromatic heterocycles. The molecule has 5 heteroatoms. The zero-order valence-corrected chi connectivity index (χ0v) is 15.2. The fraction of sp³-hybridized carbons (Fsp3) is 0.381. The second-order valence-electron chi connectivity index (χ2n) is 6.61. The van der Waals surface area contributed by atoms with Crippen molar-refractivity contribution in [2.75, 3.05) is 26.9 Å². The first kappa shape index (κ1) is 18.3. The van der Waals surface area contributed by atoms with E-state index in [2.05, 4.69) is 16.7 Å². The van der Waals surface area contributed by atoms with Crippen molar-refractivity contribution >= 4 is 6.03 Å². The summed E-state index contributed by atoms with van der Waals surface area (Å²) in [6.45, 7) is 2.44. The highest BCUT2D eigenvalue weighted by atomic mass is 16.5. The zero-order chi connectivity index (χ0) is 18.2. The number of methoxy groups -OCH3 is 1. The summed E-state index contributed by atoms with van der Waals surface area (Å²) in [5, 5.41) is 5.98. The molecule has 0 saturated carbocycles. The van der Waals surface area contributed by atoms with Crippen molar-refractivity contribution in [2.24, 2.45) is 0 Å². The Bertz CT molecular complexity index is 712. The van der Waals surface area contributed by atoms with Crippen LogP contribution in [0.1, 0.15) is 24.0 Å². The summed E-state index contributed by atoms with van der Waals surface area (Å²) in [4.78, 5) is 12.3. The summed E-state index contributed by atoms with van der Waals surface area (Å²) < 4.78 is 11.1. The van der Waals surface area contributed by atoms with Gasteiger partial charge in [0.15, 0.2) is 0 Å². The van der Waals surface area contributed by atoms with Gasteiger partial charge in [0.25, 0.3) is 0 Å². The van der Waals surface area contributed by atoms with Crippen LogP contribution in [0.4, 0.5) is 4.79 Å². The van der Waals surface area contributed by atoms with E-state index in [-0.39, 0.29) is 11.4 Å². The molecule has 0 bridgehead atoms. The molecule has 5 nitrogen and oxygen atoms in total. The summed E-state index contributed by atoms with van der Waals surface area (Å²) in [6, 6.07) is 17.8. The van der Waals surface area contributed by atoms with E-state index in [9.17, 15) is 4.79 Å². The molecule has 3 rings (SSSR count). The maximum Gasteiger partial charge on any atom is 0.315 e. The van der Waals surface area contributed by atoms with Crippen LogP contribution in [0.3, 0.4) is 0 Å². The molecule has 1 aliphatic heterocycles. The second-order valence-corrected chi connectivity index (χ2v) is 6.61. The lowest BCUT2D eigenvalue weighted by Crippen LogP contribution is -2.47. The largest absolute Gasteiger partial charge is 0.496 e. The van der Waals surface area contributed by atoms with E-state index in [0.29, 0.717) is 26.3 Å². The molecular weight excluding hydrogens is 328 g/mol. The lowest BCUT2D eigenvalue weighted by Gasteiger charge is -2.38. The van der Waals surface area contributed by atoms with Gasteiger partial charge in [-0.25, -0.2) is 4.79 Å². The van der Waals surface area contributed by atoms with Crippen LogP contribution in [0.2, 0.25) is 0 Å². The number of ether oxygens (including phenoxy) is 2. The first-order chi connectivity index (χ1) is 12.7. The number of nitrogens with one attached hydrogen (secondary N) is 2. The van der Waals surface area contributed by atoms with Crippen LogP contribution in [0.15, 0.2) is 54.6 Å². The highest BCUT2D eigenvalue weighted by Crippen LogP contribution is 2.39. The molecule has 26 heavy (non-hydrogen) atoms. The lowest BCUT2D eigenvalue weighted by molar-refractivity contribution is 0.0498. The first-order valence-corrected chi connectivity index (χ1v) is 9.00. The molecule has 2 amide bonds. The SMILES string of the molecule is COc1ccccc1C1(CNC(=O)NCc2ccccc2)CCOCC1. The third kappa shape index (κ3) is 4.35. The number of para-hydroxylation sites is 1. The number of benzene rings is 2. The molecule has 138 valence electrons. The Morgan fingerprint density at radius 1 is 1.04 bits per heavy atom. The molecule has 2 N–H and O–H groups in total. The minimum Gasteiger partial charge on any atom is -0.496 e. The molecule has 0 unspecified atom stereocenters. The number of hydrogen-bond acceptors (Lipinski definition) is 3. The molecular formula is C21H26N2O3. The Morgan fingerprint density at radius 3 is 2.46 bits per heavy atom.